The van der Waals surface area contributed by atoms with E-state index < -0.39 is 0 Å². The van der Waals surface area contributed by atoms with Crippen LogP contribution < -0.4 is 5.73 Å². The van der Waals surface area contributed by atoms with Crippen LogP contribution in [0.5, 0.6) is 0 Å². The number of hydrogen-bond donors (Lipinski definition) is 1. The first-order chi connectivity index (χ1) is 7.24. The van der Waals surface area contributed by atoms with E-state index in [2.05, 4.69) is 11.8 Å². The van der Waals surface area contributed by atoms with Crippen molar-refractivity contribution in [2.75, 3.05) is 20.2 Å². The third-order valence-corrected chi connectivity index (χ3v) is 4.27. The summed E-state index contributed by atoms with van der Waals surface area (Å²) < 4.78 is 5.33. The standard InChI is InChI=1S/C12H24N2O/c1-3-9-8-14(5-4-12(9)13)10-6-11(7-10)15-2/h9-12H,3-8,13H2,1-2H3. The van der Waals surface area contributed by atoms with Gasteiger partial charge in [0.2, 0.25) is 0 Å². The highest BCUT2D eigenvalue weighted by Gasteiger charge is 2.37. The molecule has 1 saturated carbocycles. The maximum absolute atomic E-state index is 6.11. The Kier molecular flexibility index (Phi) is 3.65. The minimum Gasteiger partial charge on any atom is -0.381 e. The van der Waals surface area contributed by atoms with Crippen molar-refractivity contribution in [3.63, 3.8) is 0 Å². The summed E-state index contributed by atoms with van der Waals surface area (Å²) in [6.07, 6.45) is 5.36. The van der Waals surface area contributed by atoms with Gasteiger partial charge in [-0.2, -0.15) is 0 Å². The molecule has 0 radical (unpaired) electrons. The zero-order valence-corrected chi connectivity index (χ0v) is 9.98. The molecule has 1 aliphatic carbocycles. The zero-order chi connectivity index (χ0) is 10.8. The Morgan fingerprint density at radius 3 is 2.73 bits per heavy atom. The molecule has 2 rings (SSSR count). The molecule has 2 fully saturated rings. The molecule has 15 heavy (non-hydrogen) atoms. The summed E-state index contributed by atoms with van der Waals surface area (Å²) in [7, 11) is 1.82. The van der Waals surface area contributed by atoms with Crippen LogP contribution in [0.15, 0.2) is 0 Å². The molecule has 0 aromatic carbocycles. The van der Waals surface area contributed by atoms with Crippen LogP contribution >= 0.6 is 0 Å². The van der Waals surface area contributed by atoms with Gasteiger partial charge in [0.15, 0.2) is 0 Å². The molecule has 0 aromatic heterocycles. The number of ether oxygens (including phenoxy) is 1. The first kappa shape index (κ1) is 11.4. The molecule has 0 aromatic rings. The predicted octanol–water partition coefficient (Wildman–Crippen LogP) is 1.22. The fraction of sp³-hybridized carbons (Fsp3) is 1.00. The molecule has 1 saturated heterocycles. The van der Waals surface area contributed by atoms with Crippen molar-refractivity contribution < 1.29 is 4.74 Å². The van der Waals surface area contributed by atoms with Crippen molar-refractivity contribution in [2.24, 2.45) is 11.7 Å². The van der Waals surface area contributed by atoms with Gasteiger partial charge in [-0.3, -0.25) is 4.90 Å². The molecule has 2 atom stereocenters. The first-order valence-corrected chi connectivity index (χ1v) is 6.27. The summed E-state index contributed by atoms with van der Waals surface area (Å²) in [6.45, 7) is 4.66. The van der Waals surface area contributed by atoms with Gasteiger partial charge in [0.1, 0.15) is 0 Å². The minimum atomic E-state index is 0.435. The van der Waals surface area contributed by atoms with Gasteiger partial charge in [-0.1, -0.05) is 13.3 Å². The summed E-state index contributed by atoms with van der Waals surface area (Å²) in [5, 5.41) is 0. The average Bonchev–Trinajstić information content (AvgIpc) is 2.19. The van der Waals surface area contributed by atoms with E-state index in [9.17, 15) is 0 Å². The van der Waals surface area contributed by atoms with E-state index >= 15 is 0 Å². The normalized spacial score (nSPS) is 42.6. The predicted molar refractivity (Wildman–Crippen MR) is 61.8 cm³/mol. The molecule has 1 heterocycles. The van der Waals surface area contributed by atoms with Crippen molar-refractivity contribution in [1.82, 2.24) is 4.90 Å². The van der Waals surface area contributed by atoms with Crippen LogP contribution in [0, 0.1) is 5.92 Å². The maximum Gasteiger partial charge on any atom is 0.0601 e. The molecule has 88 valence electrons. The van der Waals surface area contributed by atoms with Crippen LogP contribution in [0.1, 0.15) is 32.6 Å². The van der Waals surface area contributed by atoms with Crippen LogP contribution in [-0.2, 0) is 4.74 Å². The number of likely N-dealkylation sites (tertiary alicyclic amines) is 1. The van der Waals surface area contributed by atoms with E-state index in [1.807, 2.05) is 7.11 Å². The molecule has 0 spiro atoms. The second kappa shape index (κ2) is 4.81. The van der Waals surface area contributed by atoms with E-state index in [-0.39, 0.29) is 0 Å². The maximum atomic E-state index is 6.11. The highest BCUT2D eigenvalue weighted by molar-refractivity contribution is 4.92. The molecule has 0 bridgehead atoms. The number of nitrogens with zero attached hydrogens (tertiary/aromatic N) is 1. The molecule has 0 amide bonds. The third-order valence-electron chi connectivity index (χ3n) is 4.27. The number of methoxy groups -OCH3 is 1. The number of piperidine rings is 1. The molecule has 2 unspecified atom stereocenters. The van der Waals surface area contributed by atoms with Gasteiger partial charge < -0.3 is 10.5 Å². The van der Waals surface area contributed by atoms with Crippen molar-refractivity contribution in [1.29, 1.82) is 0 Å². The van der Waals surface area contributed by atoms with Crippen molar-refractivity contribution in [2.45, 2.75) is 50.8 Å². The number of nitrogens with two attached hydrogens (primary N) is 1. The lowest BCUT2D eigenvalue weighted by atomic mass is 9.83. The molecular formula is C12H24N2O. The van der Waals surface area contributed by atoms with E-state index in [4.69, 9.17) is 10.5 Å². The van der Waals surface area contributed by atoms with E-state index in [1.54, 1.807) is 0 Å². The van der Waals surface area contributed by atoms with Gasteiger partial charge in [0, 0.05) is 25.7 Å². The van der Waals surface area contributed by atoms with Gasteiger partial charge in [-0.25, -0.2) is 0 Å². The van der Waals surface area contributed by atoms with E-state index in [0.29, 0.717) is 18.1 Å². The Hall–Kier alpha value is -0.120. The topological polar surface area (TPSA) is 38.5 Å². The van der Waals surface area contributed by atoms with Crippen molar-refractivity contribution >= 4 is 0 Å². The molecule has 3 heteroatoms. The molecule has 1 aliphatic heterocycles. The molecular weight excluding hydrogens is 188 g/mol. The van der Waals surface area contributed by atoms with Crippen LogP contribution in [0.4, 0.5) is 0 Å². The monoisotopic (exact) mass is 212 g/mol. The van der Waals surface area contributed by atoms with Gasteiger partial charge >= 0.3 is 0 Å². The van der Waals surface area contributed by atoms with E-state index in [0.717, 1.165) is 6.04 Å². The van der Waals surface area contributed by atoms with Crippen molar-refractivity contribution in [3.05, 3.63) is 0 Å². The third kappa shape index (κ3) is 2.35. The Labute approximate surface area is 93.0 Å². The van der Waals surface area contributed by atoms with Gasteiger partial charge in [-0.05, 0) is 31.7 Å². The van der Waals surface area contributed by atoms with E-state index in [1.165, 1.54) is 38.8 Å². The van der Waals surface area contributed by atoms with Crippen LogP contribution in [0.25, 0.3) is 0 Å². The summed E-state index contributed by atoms with van der Waals surface area (Å²) in [4.78, 5) is 2.63. The minimum absolute atomic E-state index is 0.435. The SMILES string of the molecule is CCC1CN(C2CC(OC)C2)CCC1N. The lowest BCUT2D eigenvalue weighted by molar-refractivity contribution is -0.0411. The molecule has 2 N–H and O–H groups in total. The second-order valence-electron chi connectivity index (χ2n) is 5.10. The number of hydrogen-bond acceptors (Lipinski definition) is 3. The first-order valence-electron chi connectivity index (χ1n) is 6.27. The van der Waals surface area contributed by atoms with Gasteiger partial charge in [0.25, 0.3) is 0 Å². The van der Waals surface area contributed by atoms with Crippen molar-refractivity contribution in [3.8, 4) is 0 Å². The molecule has 2 aliphatic rings. The van der Waals surface area contributed by atoms with Gasteiger partial charge in [-0.15, -0.1) is 0 Å². The fourth-order valence-electron chi connectivity index (χ4n) is 2.87. The Morgan fingerprint density at radius 1 is 1.40 bits per heavy atom. The smallest absolute Gasteiger partial charge is 0.0601 e. The summed E-state index contributed by atoms with van der Waals surface area (Å²) >= 11 is 0. The number of rotatable bonds is 3. The lowest BCUT2D eigenvalue weighted by Gasteiger charge is -2.47. The summed E-state index contributed by atoms with van der Waals surface area (Å²) in [5.41, 5.74) is 6.11. The second-order valence-corrected chi connectivity index (χ2v) is 5.10. The van der Waals surface area contributed by atoms with Crippen LogP contribution in [0.3, 0.4) is 0 Å². The summed E-state index contributed by atoms with van der Waals surface area (Å²) in [5.74, 6) is 0.709. The fourth-order valence-corrected chi connectivity index (χ4v) is 2.87. The molecule has 3 nitrogen and oxygen atoms in total. The zero-order valence-electron chi connectivity index (χ0n) is 9.98. The quantitative estimate of drug-likeness (QED) is 0.764. The lowest BCUT2D eigenvalue weighted by Crippen LogP contribution is -2.55. The van der Waals surface area contributed by atoms with Gasteiger partial charge in [0.05, 0.1) is 6.10 Å². The Bertz CT molecular complexity index is 204. The average molecular weight is 212 g/mol. The van der Waals surface area contributed by atoms with Crippen LogP contribution in [-0.4, -0.2) is 43.3 Å². The Balaban J connectivity index is 1.80. The summed E-state index contributed by atoms with van der Waals surface area (Å²) in [6, 6.07) is 1.21. The Morgan fingerprint density at radius 2 is 2.13 bits per heavy atom. The highest BCUT2D eigenvalue weighted by atomic mass is 16.5. The van der Waals surface area contributed by atoms with Crippen LogP contribution in [0.2, 0.25) is 0 Å². The highest BCUT2D eigenvalue weighted by Crippen LogP contribution is 2.31. The largest absolute Gasteiger partial charge is 0.381 e.